The average Bonchev–Trinajstić information content (AvgIpc) is 2.97. The SMILES string of the molecule is [C-]#[N+]C1=C[C@@]2(C)c3nc(-c4cccc5nc(COC(C)=O)ccc45)nc(-c4ccccc4F)c3CC[C@@H]2[C@@H](C)C1=O. The number of rotatable bonds is 4. The third kappa shape index (κ3) is 4.38. The highest BCUT2D eigenvalue weighted by molar-refractivity contribution is 6.00. The number of carbonyl (C=O) groups excluding carboxylic acids is 2. The number of pyridine rings is 1. The smallest absolute Gasteiger partial charge is 0.303 e. The predicted octanol–water partition coefficient (Wildman–Crippen LogP) is 6.40. The first-order valence-corrected chi connectivity index (χ1v) is 13.5. The number of halogens is 1. The Bertz CT molecular complexity index is 1830. The van der Waals surface area contributed by atoms with Gasteiger partial charge in [0.25, 0.3) is 0 Å². The zero-order valence-corrected chi connectivity index (χ0v) is 22.9. The summed E-state index contributed by atoms with van der Waals surface area (Å²) in [4.78, 5) is 42.5. The molecule has 7 nitrogen and oxygen atoms in total. The molecule has 41 heavy (non-hydrogen) atoms. The van der Waals surface area contributed by atoms with Gasteiger partial charge in [0.15, 0.2) is 11.6 Å². The Kier molecular flexibility index (Phi) is 6.46. The van der Waals surface area contributed by atoms with E-state index < -0.39 is 5.41 Å². The van der Waals surface area contributed by atoms with Crippen molar-refractivity contribution in [3.05, 3.63) is 101 Å². The molecule has 0 fully saturated rings. The molecule has 0 aliphatic heterocycles. The van der Waals surface area contributed by atoms with Gasteiger partial charge in [-0.3, -0.25) is 4.79 Å². The van der Waals surface area contributed by atoms with Crippen molar-refractivity contribution in [2.24, 2.45) is 11.8 Å². The van der Waals surface area contributed by atoms with Gasteiger partial charge in [-0.1, -0.05) is 50.3 Å². The molecule has 4 aromatic rings. The van der Waals surface area contributed by atoms with Crippen LogP contribution < -0.4 is 0 Å². The topological polar surface area (TPSA) is 86.4 Å². The van der Waals surface area contributed by atoms with Crippen molar-refractivity contribution in [2.45, 2.75) is 45.6 Å². The average molecular weight is 547 g/mol. The number of fused-ring (bicyclic) bond motifs is 4. The van der Waals surface area contributed by atoms with Crippen LogP contribution in [0, 0.1) is 24.2 Å². The number of benzene rings is 2. The summed E-state index contributed by atoms with van der Waals surface area (Å²) in [5.41, 5.74) is 3.86. The van der Waals surface area contributed by atoms with E-state index in [0.717, 1.165) is 16.5 Å². The lowest BCUT2D eigenvalue weighted by molar-refractivity contribution is -0.142. The van der Waals surface area contributed by atoms with E-state index in [1.807, 2.05) is 38.1 Å². The normalized spacial score (nSPS) is 21.4. The lowest BCUT2D eigenvalue weighted by Crippen LogP contribution is -2.46. The third-order valence-corrected chi connectivity index (χ3v) is 8.40. The molecule has 0 unspecified atom stereocenters. The maximum absolute atomic E-state index is 15.3. The Labute approximate surface area is 236 Å². The van der Waals surface area contributed by atoms with Crippen molar-refractivity contribution < 1.29 is 18.7 Å². The fourth-order valence-corrected chi connectivity index (χ4v) is 6.39. The van der Waals surface area contributed by atoms with Crippen molar-refractivity contribution in [1.29, 1.82) is 0 Å². The summed E-state index contributed by atoms with van der Waals surface area (Å²) < 4.78 is 20.4. The summed E-state index contributed by atoms with van der Waals surface area (Å²) >= 11 is 0. The molecule has 0 saturated heterocycles. The van der Waals surface area contributed by atoms with Gasteiger partial charge >= 0.3 is 5.97 Å². The number of ketones is 1. The summed E-state index contributed by atoms with van der Waals surface area (Å²) in [5.74, 6) is -0.890. The Morgan fingerprint density at radius 1 is 1.10 bits per heavy atom. The fraction of sp³-hybridized carbons (Fsp3) is 0.273. The highest BCUT2D eigenvalue weighted by atomic mass is 19.1. The number of hydrogen-bond donors (Lipinski definition) is 0. The molecule has 0 radical (unpaired) electrons. The molecule has 0 amide bonds. The van der Waals surface area contributed by atoms with Crippen LogP contribution in [0.5, 0.6) is 0 Å². The van der Waals surface area contributed by atoms with Crippen molar-refractivity contribution in [1.82, 2.24) is 15.0 Å². The van der Waals surface area contributed by atoms with Crippen molar-refractivity contribution >= 4 is 22.7 Å². The molecule has 3 atom stereocenters. The largest absolute Gasteiger partial charge is 0.459 e. The van der Waals surface area contributed by atoms with Crippen LogP contribution in [0.15, 0.2) is 66.4 Å². The highest BCUT2D eigenvalue weighted by Gasteiger charge is 2.49. The lowest BCUT2D eigenvalue weighted by Gasteiger charge is -2.46. The van der Waals surface area contributed by atoms with Gasteiger partial charge < -0.3 is 9.53 Å². The second kappa shape index (κ2) is 10.0. The number of carbonyl (C=O) groups is 2. The molecular formula is C33H27FN4O3. The van der Waals surface area contributed by atoms with Crippen LogP contribution in [0.2, 0.25) is 0 Å². The summed E-state index contributed by atoms with van der Waals surface area (Å²) in [6.45, 7) is 13.0. The van der Waals surface area contributed by atoms with Crippen LogP contribution in [0.1, 0.15) is 44.1 Å². The minimum Gasteiger partial charge on any atom is -0.459 e. The molecule has 2 aliphatic rings. The van der Waals surface area contributed by atoms with Gasteiger partial charge in [-0.05, 0) is 43.0 Å². The molecule has 0 bridgehead atoms. The van der Waals surface area contributed by atoms with E-state index in [0.29, 0.717) is 46.8 Å². The second-order valence-electron chi connectivity index (χ2n) is 10.9. The molecule has 2 aromatic carbocycles. The Hall–Kier alpha value is -4.77. The van der Waals surface area contributed by atoms with Gasteiger partial charge in [-0.15, -0.1) is 0 Å². The summed E-state index contributed by atoms with van der Waals surface area (Å²) in [6.07, 6.45) is 3.06. The Morgan fingerprint density at radius 3 is 2.63 bits per heavy atom. The van der Waals surface area contributed by atoms with Crippen LogP contribution in [-0.2, 0) is 32.8 Å². The van der Waals surface area contributed by atoms with Crippen molar-refractivity contribution in [3.8, 4) is 22.6 Å². The molecule has 2 aromatic heterocycles. The first-order chi connectivity index (χ1) is 19.7. The van der Waals surface area contributed by atoms with E-state index in [1.165, 1.54) is 13.0 Å². The van der Waals surface area contributed by atoms with Gasteiger partial charge in [0.2, 0.25) is 5.70 Å². The maximum atomic E-state index is 15.3. The van der Waals surface area contributed by atoms with Gasteiger partial charge in [0, 0.05) is 40.3 Å². The Balaban J connectivity index is 1.61. The molecular weight excluding hydrogens is 519 g/mol. The first-order valence-electron chi connectivity index (χ1n) is 13.5. The van der Waals surface area contributed by atoms with Crippen molar-refractivity contribution in [2.75, 3.05) is 0 Å². The molecule has 0 saturated carbocycles. The number of hydrogen-bond acceptors (Lipinski definition) is 6. The standard InChI is InChI=1S/C33H27FN4O3/c1-18-25-15-14-24-29(23-8-5-6-10-26(23)34)37-32(38-31(24)33(25,3)16-28(35-4)30(18)40)22-9-7-11-27-21(22)13-12-20(36-27)17-41-19(2)39/h5-13,16,18,25H,14-15,17H2,1-3H3/t18-,25-,33-/m1/s1. The van der Waals surface area contributed by atoms with Gasteiger partial charge in [0.1, 0.15) is 12.4 Å². The van der Waals surface area contributed by atoms with Crippen molar-refractivity contribution in [3.63, 3.8) is 0 Å². The maximum Gasteiger partial charge on any atom is 0.303 e. The predicted molar refractivity (Wildman–Crippen MR) is 152 cm³/mol. The minimum absolute atomic E-state index is 0.0535. The molecule has 6 rings (SSSR count). The summed E-state index contributed by atoms with van der Waals surface area (Å²) in [6, 6.07) is 15.9. The first kappa shape index (κ1) is 26.5. The summed E-state index contributed by atoms with van der Waals surface area (Å²) in [5, 5.41) is 0.792. The zero-order chi connectivity index (χ0) is 28.9. The lowest BCUT2D eigenvalue weighted by atomic mass is 9.58. The van der Waals surface area contributed by atoms with Crippen LogP contribution in [-0.4, -0.2) is 26.7 Å². The highest BCUT2D eigenvalue weighted by Crippen LogP contribution is 2.51. The van der Waals surface area contributed by atoms with Crippen LogP contribution in [0.3, 0.4) is 0 Å². The fourth-order valence-electron chi connectivity index (χ4n) is 6.39. The molecule has 0 N–H and O–H groups in total. The molecule has 0 spiro atoms. The quantitative estimate of drug-likeness (QED) is 0.217. The van der Waals surface area contributed by atoms with E-state index in [2.05, 4.69) is 9.83 Å². The molecule has 8 heteroatoms. The number of nitrogens with zero attached hydrogens (tertiary/aromatic N) is 4. The minimum atomic E-state index is -0.710. The van der Waals surface area contributed by atoms with E-state index in [4.69, 9.17) is 21.3 Å². The number of allylic oxidation sites excluding steroid dienone is 2. The van der Waals surface area contributed by atoms with Gasteiger partial charge in [-0.25, -0.2) is 24.2 Å². The summed E-state index contributed by atoms with van der Waals surface area (Å²) in [7, 11) is 0. The number of esters is 1. The molecule has 2 heterocycles. The van der Waals surface area contributed by atoms with E-state index >= 15 is 4.39 Å². The van der Waals surface area contributed by atoms with Crippen LogP contribution in [0.25, 0.3) is 38.4 Å². The van der Waals surface area contributed by atoms with Crippen LogP contribution >= 0.6 is 0 Å². The third-order valence-electron chi connectivity index (χ3n) is 8.40. The monoisotopic (exact) mass is 546 g/mol. The molecule has 2 aliphatic carbocycles. The zero-order valence-electron chi connectivity index (χ0n) is 22.9. The number of aromatic nitrogens is 3. The van der Waals surface area contributed by atoms with Crippen LogP contribution in [0.4, 0.5) is 4.39 Å². The van der Waals surface area contributed by atoms with E-state index in [-0.39, 0.29) is 41.7 Å². The molecule has 204 valence electrons. The van der Waals surface area contributed by atoms with Gasteiger partial charge in [-0.2, -0.15) is 0 Å². The number of Topliss-reactive ketones (excluding diaryl/α,β-unsaturated/α-hetero) is 1. The van der Waals surface area contributed by atoms with Gasteiger partial charge in [0.05, 0.1) is 29.2 Å². The van der Waals surface area contributed by atoms with E-state index in [9.17, 15) is 9.59 Å². The second-order valence-corrected chi connectivity index (χ2v) is 10.9. The Morgan fingerprint density at radius 2 is 1.88 bits per heavy atom. The van der Waals surface area contributed by atoms with E-state index in [1.54, 1.807) is 30.3 Å². The number of ether oxygens (including phenoxy) is 1.